The van der Waals surface area contributed by atoms with Crippen molar-refractivity contribution >= 4 is 23.8 Å². The molecule has 0 atom stereocenters. The third-order valence-electron chi connectivity index (χ3n) is 2.35. The molecule has 0 spiro atoms. The van der Waals surface area contributed by atoms with Gasteiger partial charge in [0.2, 0.25) is 0 Å². The Morgan fingerprint density at radius 3 is 2.81 bits per heavy atom. The van der Waals surface area contributed by atoms with E-state index in [9.17, 15) is 0 Å². The molecule has 1 aromatic carbocycles. The standard InChI is InChI=1S/C12H13NOS2/c1-3-13-12(15)8-11(16-13)9-5-4-6-10(7-9)14-2/h4-8H,3H2,1-2H3. The van der Waals surface area contributed by atoms with Gasteiger partial charge in [0.25, 0.3) is 0 Å². The van der Waals surface area contributed by atoms with Crippen LogP contribution in [0.25, 0.3) is 10.4 Å². The summed E-state index contributed by atoms with van der Waals surface area (Å²) in [7, 11) is 1.68. The Hall–Kier alpha value is -1.13. The van der Waals surface area contributed by atoms with Gasteiger partial charge in [-0.05, 0) is 30.7 Å². The van der Waals surface area contributed by atoms with Crippen LogP contribution in [0.15, 0.2) is 30.3 Å². The molecule has 1 heterocycles. The van der Waals surface area contributed by atoms with Gasteiger partial charge in [-0.1, -0.05) is 35.9 Å². The lowest BCUT2D eigenvalue weighted by atomic mass is 10.2. The van der Waals surface area contributed by atoms with Gasteiger partial charge in [0.15, 0.2) is 0 Å². The first-order valence-corrected chi connectivity index (χ1v) is 6.28. The molecule has 2 aromatic rings. The van der Waals surface area contributed by atoms with Crippen LogP contribution in [-0.2, 0) is 6.54 Å². The van der Waals surface area contributed by atoms with Gasteiger partial charge in [-0.2, -0.15) is 0 Å². The van der Waals surface area contributed by atoms with E-state index in [1.165, 1.54) is 4.88 Å². The lowest BCUT2D eigenvalue weighted by Crippen LogP contribution is -1.85. The van der Waals surface area contributed by atoms with E-state index in [0.29, 0.717) is 0 Å². The number of nitrogens with zero attached hydrogens (tertiary/aromatic N) is 1. The van der Waals surface area contributed by atoms with Crippen LogP contribution in [0, 0.1) is 4.64 Å². The number of methoxy groups -OCH3 is 1. The third kappa shape index (κ3) is 2.18. The van der Waals surface area contributed by atoms with Gasteiger partial charge in [0.05, 0.1) is 12.0 Å². The average Bonchev–Trinajstić information content (AvgIpc) is 2.71. The number of hydrogen-bond donors (Lipinski definition) is 0. The number of rotatable bonds is 3. The molecule has 0 N–H and O–H groups in total. The summed E-state index contributed by atoms with van der Waals surface area (Å²) >= 11 is 6.96. The molecule has 0 saturated heterocycles. The van der Waals surface area contributed by atoms with Crippen LogP contribution in [0.2, 0.25) is 0 Å². The van der Waals surface area contributed by atoms with Crippen LogP contribution in [0.1, 0.15) is 6.92 Å². The highest BCUT2D eigenvalue weighted by molar-refractivity contribution is 7.71. The molecular formula is C12H13NOS2. The maximum Gasteiger partial charge on any atom is 0.119 e. The van der Waals surface area contributed by atoms with Gasteiger partial charge in [0.1, 0.15) is 10.4 Å². The summed E-state index contributed by atoms with van der Waals surface area (Å²) in [6, 6.07) is 10.1. The molecule has 0 fully saturated rings. The number of hydrogen-bond acceptors (Lipinski definition) is 3. The van der Waals surface area contributed by atoms with Gasteiger partial charge < -0.3 is 4.74 Å². The largest absolute Gasteiger partial charge is 0.497 e. The Morgan fingerprint density at radius 1 is 1.38 bits per heavy atom. The van der Waals surface area contributed by atoms with E-state index in [0.717, 1.165) is 22.5 Å². The fraction of sp³-hybridized carbons (Fsp3) is 0.250. The lowest BCUT2D eigenvalue weighted by molar-refractivity contribution is 0.415. The zero-order chi connectivity index (χ0) is 11.5. The molecule has 0 bridgehead atoms. The molecule has 16 heavy (non-hydrogen) atoms. The third-order valence-corrected chi connectivity index (χ3v) is 4.03. The predicted molar refractivity (Wildman–Crippen MR) is 70.8 cm³/mol. The van der Waals surface area contributed by atoms with Crippen LogP contribution in [-0.4, -0.2) is 11.1 Å². The van der Waals surface area contributed by atoms with Crippen molar-refractivity contribution in [2.75, 3.05) is 7.11 Å². The maximum absolute atomic E-state index is 5.28. The monoisotopic (exact) mass is 251 g/mol. The highest BCUT2D eigenvalue weighted by Gasteiger charge is 2.04. The Kier molecular flexibility index (Phi) is 3.41. The first kappa shape index (κ1) is 11.4. The van der Waals surface area contributed by atoms with Crippen LogP contribution in [0.5, 0.6) is 5.75 Å². The average molecular weight is 251 g/mol. The first-order valence-electron chi connectivity index (χ1n) is 5.10. The Bertz CT molecular complexity index is 542. The molecule has 2 nitrogen and oxygen atoms in total. The summed E-state index contributed by atoms with van der Waals surface area (Å²) < 4.78 is 8.21. The second-order valence-corrected chi connectivity index (χ2v) is 4.85. The summed E-state index contributed by atoms with van der Waals surface area (Å²) in [6.07, 6.45) is 0. The van der Waals surface area contributed by atoms with Crippen molar-refractivity contribution < 1.29 is 4.74 Å². The minimum Gasteiger partial charge on any atom is -0.497 e. The maximum atomic E-state index is 5.28. The molecule has 0 aliphatic carbocycles. The molecule has 0 aliphatic heterocycles. The van der Waals surface area contributed by atoms with Crippen molar-refractivity contribution in [1.29, 1.82) is 0 Å². The summed E-state index contributed by atoms with van der Waals surface area (Å²) in [5.41, 5.74) is 1.16. The minimum absolute atomic E-state index is 0.875. The molecule has 0 unspecified atom stereocenters. The molecule has 0 saturated carbocycles. The summed E-state index contributed by atoms with van der Waals surface area (Å²) in [5, 5.41) is 0. The van der Waals surface area contributed by atoms with Crippen molar-refractivity contribution in [1.82, 2.24) is 3.96 Å². The van der Waals surface area contributed by atoms with Crippen LogP contribution in [0.4, 0.5) is 0 Å². The van der Waals surface area contributed by atoms with E-state index in [1.807, 2.05) is 24.3 Å². The van der Waals surface area contributed by atoms with Crippen molar-refractivity contribution in [3.8, 4) is 16.2 Å². The molecule has 1 aromatic heterocycles. The minimum atomic E-state index is 0.875. The van der Waals surface area contributed by atoms with Gasteiger partial charge in [-0.15, -0.1) is 0 Å². The van der Waals surface area contributed by atoms with E-state index in [4.69, 9.17) is 17.0 Å². The summed E-state index contributed by atoms with van der Waals surface area (Å²) in [5.74, 6) is 0.875. The number of aryl methyl sites for hydroxylation is 1. The van der Waals surface area contributed by atoms with Gasteiger partial charge in [-0.25, -0.2) is 0 Å². The zero-order valence-corrected chi connectivity index (χ0v) is 10.9. The van der Waals surface area contributed by atoms with Crippen molar-refractivity contribution in [3.05, 3.63) is 35.0 Å². The molecule has 0 radical (unpaired) electrons. The second-order valence-electron chi connectivity index (χ2n) is 3.36. The Morgan fingerprint density at radius 2 is 2.19 bits per heavy atom. The molecule has 84 valence electrons. The van der Waals surface area contributed by atoms with E-state index < -0.39 is 0 Å². The predicted octanol–water partition coefficient (Wildman–Crippen LogP) is 3.97. The fourth-order valence-corrected chi connectivity index (χ4v) is 2.85. The molecule has 2 rings (SSSR count). The smallest absolute Gasteiger partial charge is 0.119 e. The van der Waals surface area contributed by atoms with Crippen LogP contribution in [0.3, 0.4) is 0 Å². The van der Waals surface area contributed by atoms with E-state index >= 15 is 0 Å². The van der Waals surface area contributed by atoms with Crippen molar-refractivity contribution in [2.24, 2.45) is 0 Å². The summed E-state index contributed by atoms with van der Waals surface area (Å²) in [4.78, 5) is 1.19. The van der Waals surface area contributed by atoms with Gasteiger partial charge in [0, 0.05) is 6.54 Å². The highest BCUT2D eigenvalue weighted by Crippen LogP contribution is 2.28. The SMILES string of the molecule is CCn1sc(-c2cccc(OC)c2)cc1=S. The fourth-order valence-electron chi connectivity index (χ4n) is 1.51. The van der Waals surface area contributed by atoms with Crippen molar-refractivity contribution in [3.63, 3.8) is 0 Å². The normalized spacial score (nSPS) is 10.4. The van der Waals surface area contributed by atoms with E-state index in [1.54, 1.807) is 18.6 Å². The van der Waals surface area contributed by atoms with Crippen LogP contribution < -0.4 is 4.74 Å². The topological polar surface area (TPSA) is 14.2 Å². The molecule has 4 heteroatoms. The Balaban J connectivity index is 2.45. The number of ether oxygens (including phenoxy) is 1. The summed E-state index contributed by atoms with van der Waals surface area (Å²) in [6.45, 7) is 3.02. The zero-order valence-electron chi connectivity index (χ0n) is 9.27. The number of benzene rings is 1. The first-order chi connectivity index (χ1) is 7.74. The van der Waals surface area contributed by atoms with Gasteiger partial charge in [-0.3, -0.25) is 3.96 Å². The van der Waals surface area contributed by atoms with Crippen LogP contribution >= 0.6 is 23.8 Å². The Labute approximate surface area is 104 Å². The second kappa shape index (κ2) is 4.80. The lowest BCUT2D eigenvalue weighted by Gasteiger charge is -2.01. The van der Waals surface area contributed by atoms with E-state index in [2.05, 4.69) is 16.9 Å². The van der Waals surface area contributed by atoms with Gasteiger partial charge >= 0.3 is 0 Å². The van der Waals surface area contributed by atoms with Crippen molar-refractivity contribution in [2.45, 2.75) is 13.5 Å². The quantitative estimate of drug-likeness (QED) is 0.766. The highest BCUT2D eigenvalue weighted by atomic mass is 32.1. The molecule has 0 amide bonds. The molecule has 0 aliphatic rings. The molecular weight excluding hydrogens is 238 g/mol. The number of aromatic nitrogens is 1. The van der Waals surface area contributed by atoms with E-state index in [-0.39, 0.29) is 0 Å².